The highest BCUT2D eigenvalue weighted by Gasteiger charge is 2.15. The zero-order valence-electron chi connectivity index (χ0n) is 11.6. The number of rotatable bonds is 2. The van der Waals surface area contributed by atoms with E-state index in [-0.39, 0.29) is 5.91 Å². The van der Waals surface area contributed by atoms with Gasteiger partial charge in [0.25, 0.3) is 5.91 Å². The zero-order valence-corrected chi connectivity index (χ0v) is 12.4. The second kappa shape index (κ2) is 6.19. The van der Waals surface area contributed by atoms with E-state index in [4.69, 9.17) is 5.73 Å². The molecule has 104 valence electrons. The molecule has 0 aromatic heterocycles. The highest BCUT2D eigenvalue weighted by Crippen LogP contribution is 2.26. The Morgan fingerprint density at radius 1 is 1.32 bits per heavy atom. The summed E-state index contributed by atoms with van der Waals surface area (Å²) in [6.45, 7) is 2.06. The Morgan fingerprint density at radius 2 is 2.11 bits per heavy atom. The van der Waals surface area contributed by atoms with Crippen molar-refractivity contribution in [3.05, 3.63) is 23.8 Å². The van der Waals surface area contributed by atoms with E-state index in [9.17, 15) is 4.79 Å². The molecule has 1 fully saturated rings. The molecule has 2 N–H and O–H groups in total. The fraction of sp³-hybridized carbons (Fsp3) is 0.500. The number of nitrogens with two attached hydrogens (primary N) is 1. The van der Waals surface area contributed by atoms with Gasteiger partial charge in [0.15, 0.2) is 0 Å². The van der Waals surface area contributed by atoms with Gasteiger partial charge < -0.3 is 15.5 Å². The van der Waals surface area contributed by atoms with Gasteiger partial charge in [-0.1, -0.05) is 0 Å². The van der Waals surface area contributed by atoms with Crippen LogP contribution < -0.4 is 10.6 Å². The van der Waals surface area contributed by atoms with Crippen molar-refractivity contribution in [1.82, 2.24) is 4.90 Å². The molecule has 1 aliphatic rings. The summed E-state index contributed by atoms with van der Waals surface area (Å²) >= 11 is 1.99. The maximum absolute atomic E-state index is 11.9. The summed E-state index contributed by atoms with van der Waals surface area (Å²) < 4.78 is 0. The van der Waals surface area contributed by atoms with Crippen molar-refractivity contribution in [2.24, 2.45) is 0 Å². The number of hydrogen-bond acceptors (Lipinski definition) is 4. The lowest BCUT2D eigenvalue weighted by Crippen LogP contribution is -2.27. The molecule has 1 heterocycles. The van der Waals surface area contributed by atoms with Crippen molar-refractivity contribution in [3.63, 3.8) is 0 Å². The molecule has 2 rings (SSSR count). The van der Waals surface area contributed by atoms with E-state index in [1.165, 1.54) is 12.2 Å². The molecule has 0 atom stereocenters. The molecule has 0 unspecified atom stereocenters. The van der Waals surface area contributed by atoms with Crippen LogP contribution in [0.25, 0.3) is 0 Å². The molecule has 4 nitrogen and oxygen atoms in total. The first-order valence-electron chi connectivity index (χ1n) is 6.53. The Balaban J connectivity index is 2.21. The maximum atomic E-state index is 11.9. The summed E-state index contributed by atoms with van der Waals surface area (Å²) in [6.07, 6.45) is 1.18. The molecule has 1 saturated heterocycles. The van der Waals surface area contributed by atoms with Gasteiger partial charge in [0.05, 0.1) is 11.4 Å². The molecule has 19 heavy (non-hydrogen) atoms. The molecule has 0 aliphatic carbocycles. The highest BCUT2D eigenvalue weighted by molar-refractivity contribution is 7.99. The van der Waals surface area contributed by atoms with E-state index in [1.54, 1.807) is 25.1 Å². The molecule has 1 amide bonds. The summed E-state index contributed by atoms with van der Waals surface area (Å²) in [5.74, 6) is 2.34. The van der Waals surface area contributed by atoms with Crippen molar-refractivity contribution in [1.29, 1.82) is 0 Å². The van der Waals surface area contributed by atoms with Crippen LogP contribution in [0.15, 0.2) is 18.2 Å². The third kappa shape index (κ3) is 3.35. The van der Waals surface area contributed by atoms with Crippen LogP contribution in [0.5, 0.6) is 0 Å². The van der Waals surface area contributed by atoms with E-state index in [0.717, 1.165) is 24.5 Å². The largest absolute Gasteiger partial charge is 0.397 e. The van der Waals surface area contributed by atoms with Crippen LogP contribution in [0, 0.1) is 0 Å². The van der Waals surface area contributed by atoms with Gasteiger partial charge in [-0.3, -0.25) is 4.79 Å². The third-order valence-corrected chi connectivity index (χ3v) is 4.29. The molecular formula is C14H21N3OS. The lowest BCUT2D eigenvalue weighted by atomic mass is 10.1. The molecule has 1 aromatic carbocycles. The van der Waals surface area contributed by atoms with Gasteiger partial charge in [0, 0.05) is 38.5 Å². The molecule has 1 aromatic rings. The molecule has 0 radical (unpaired) electrons. The number of carbonyl (C=O) groups excluding carboxylic acids is 1. The predicted octanol–water partition coefficient (Wildman–Crippen LogP) is 1.91. The maximum Gasteiger partial charge on any atom is 0.253 e. The highest BCUT2D eigenvalue weighted by atomic mass is 32.2. The number of nitrogens with zero attached hydrogens (tertiary/aromatic N) is 2. The van der Waals surface area contributed by atoms with Gasteiger partial charge in [0.2, 0.25) is 0 Å². The Hall–Kier alpha value is -1.36. The number of nitrogen functional groups attached to an aromatic ring is 1. The Kier molecular flexibility index (Phi) is 4.58. The number of hydrogen-bond donors (Lipinski definition) is 1. The number of carbonyl (C=O) groups is 1. The van der Waals surface area contributed by atoms with E-state index in [2.05, 4.69) is 4.90 Å². The van der Waals surface area contributed by atoms with Gasteiger partial charge in [-0.05, 0) is 30.4 Å². The van der Waals surface area contributed by atoms with Crippen LogP contribution in [0.4, 0.5) is 11.4 Å². The molecular weight excluding hydrogens is 258 g/mol. The Morgan fingerprint density at radius 3 is 2.79 bits per heavy atom. The van der Waals surface area contributed by atoms with Crippen LogP contribution >= 0.6 is 11.8 Å². The molecule has 1 aliphatic heterocycles. The number of amides is 1. The molecule has 0 spiro atoms. The average molecular weight is 279 g/mol. The van der Waals surface area contributed by atoms with E-state index >= 15 is 0 Å². The SMILES string of the molecule is CN(C)C(=O)c1ccc(N2CCCSCC2)c(N)c1. The van der Waals surface area contributed by atoms with Crippen molar-refractivity contribution < 1.29 is 4.79 Å². The van der Waals surface area contributed by atoms with E-state index in [1.807, 2.05) is 23.9 Å². The van der Waals surface area contributed by atoms with Gasteiger partial charge in [0.1, 0.15) is 0 Å². The number of benzene rings is 1. The molecule has 0 saturated carbocycles. The summed E-state index contributed by atoms with van der Waals surface area (Å²) in [5, 5.41) is 0. The lowest BCUT2D eigenvalue weighted by molar-refractivity contribution is 0.0827. The number of thioether (sulfide) groups is 1. The van der Waals surface area contributed by atoms with Crippen molar-refractivity contribution in [2.45, 2.75) is 6.42 Å². The zero-order chi connectivity index (χ0) is 13.8. The van der Waals surface area contributed by atoms with Crippen LogP contribution in [-0.4, -0.2) is 49.5 Å². The van der Waals surface area contributed by atoms with Crippen LogP contribution in [-0.2, 0) is 0 Å². The quantitative estimate of drug-likeness (QED) is 0.840. The normalized spacial score (nSPS) is 16.0. The second-order valence-electron chi connectivity index (χ2n) is 4.93. The Labute approximate surface area is 118 Å². The van der Waals surface area contributed by atoms with Crippen LogP contribution in [0.1, 0.15) is 16.8 Å². The van der Waals surface area contributed by atoms with Crippen molar-refractivity contribution in [2.75, 3.05) is 49.3 Å². The fourth-order valence-corrected chi connectivity index (χ4v) is 3.11. The average Bonchev–Trinajstić information content (AvgIpc) is 2.66. The van der Waals surface area contributed by atoms with Gasteiger partial charge in [-0.2, -0.15) is 11.8 Å². The third-order valence-electron chi connectivity index (χ3n) is 3.24. The Bertz CT molecular complexity index is 454. The fourth-order valence-electron chi connectivity index (χ4n) is 2.22. The van der Waals surface area contributed by atoms with Crippen LogP contribution in [0.3, 0.4) is 0 Å². The van der Waals surface area contributed by atoms with E-state index < -0.39 is 0 Å². The van der Waals surface area contributed by atoms with Gasteiger partial charge in [-0.25, -0.2) is 0 Å². The second-order valence-corrected chi connectivity index (χ2v) is 6.15. The van der Waals surface area contributed by atoms with Gasteiger partial charge in [-0.15, -0.1) is 0 Å². The smallest absolute Gasteiger partial charge is 0.253 e. The van der Waals surface area contributed by atoms with Crippen LogP contribution in [0.2, 0.25) is 0 Å². The number of anilines is 2. The topological polar surface area (TPSA) is 49.6 Å². The lowest BCUT2D eigenvalue weighted by Gasteiger charge is -2.24. The summed E-state index contributed by atoms with van der Waals surface area (Å²) in [7, 11) is 3.50. The minimum atomic E-state index is -0.00956. The first-order chi connectivity index (χ1) is 9.09. The monoisotopic (exact) mass is 279 g/mol. The van der Waals surface area contributed by atoms with E-state index in [0.29, 0.717) is 11.3 Å². The van der Waals surface area contributed by atoms with Crippen molar-refractivity contribution in [3.8, 4) is 0 Å². The van der Waals surface area contributed by atoms with Crippen molar-refractivity contribution >= 4 is 29.0 Å². The van der Waals surface area contributed by atoms with Gasteiger partial charge >= 0.3 is 0 Å². The molecule has 5 heteroatoms. The molecule has 0 bridgehead atoms. The standard InChI is InChI=1S/C14H21N3OS/c1-16(2)14(18)11-4-5-13(12(15)10-11)17-6-3-8-19-9-7-17/h4-5,10H,3,6-9,15H2,1-2H3. The summed E-state index contributed by atoms with van der Waals surface area (Å²) in [6, 6.07) is 5.63. The first-order valence-corrected chi connectivity index (χ1v) is 7.69. The summed E-state index contributed by atoms with van der Waals surface area (Å²) in [4.78, 5) is 15.8. The minimum absolute atomic E-state index is 0.00956. The summed E-state index contributed by atoms with van der Waals surface area (Å²) in [5.41, 5.74) is 8.52. The first kappa shape index (κ1) is 14.1. The minimum Gasteiger partial charge on any atom is -0.397 e. The predicted molar refractivity (Wildman–Crippen MR) is 83.0 cm³/mol.